The van der Waals surface area contributed by atoms with Gasteiger partial charge >= 0.3 is 0 Å². The second kappa shape index (κ2) is 9.15. The molecule has 0 unspecified atom stereocenters. The van der Waals surface area contributed by atoms with Gasteiger partial charge < -0.3 is 9.22 Å². The molecule has 0 bridgehead atoms. The van der Waals surface area contributed by atoms with Crippen LogP contribution in [0.3, 0.4) is 0 Å². The van der Waals surface area contributed by atoms with Gasteiger partial charge in [-0.3, -0.25) is 0 Å². The maximum atomic E-state index is 6.35. The van der Waals surface area contributed by atoms with Crippen LogP contribution in [0.2, 0.25) is 0 Å². The molecule has 0 radical (unpaired) electrons. The van der Waals surface area contributed by atoms with E-state index in [-0.39, 0.29) is 0 Å². The maximum absolute atomic E-state index is 6.35. The summed E-state index contributed by atoms with van der Waals surface area (Å²) in [4.78, 5) is 0. The van der Waals surface area contributed by atoms with Crippen molar-refractivity contribution in [3.05, 3.63) is 0 Å². The van der Waals surface area contributed by atoms with Crippen LogP contribution in [0.25, 0.3) is 0 Å². The molecule has 0 spiro atoms. The normalized spacial score (nSPS) is 27.3. The summed E-state index contributed by atoms with van der Waals surface area (Å²) in [5.74, 6) is 2.39. The van der Waals surface area contributed by atoms with Gasteiger partial charge in [-0.15, -0.1) is 0 Å². The minimum Gasteiger partial charge on any atom is -0.378 e. The zero-order valence-electron chi connectivity index (χ0n) is 15.5. The third-order valence-corrected chi connectivity index (χ3v) is 6.08. The van der Waals surface area contributed by atoms with Crippen LogP contribution in [0.15, 0.2) is 0 Å². The van der Waals surface area contributed by atoms with Crippen molar-refractivity contribution in [3.8, 4) is 0 Å². The van der Waals surface area contributed by atoms with E-state index in [1.165, 1.54) is 56.3 Å². The van der Waals surface area contributed by atoms with Crippen molar-refractivity contribution in [1.82, 2.24) is 0 Å². The largest absolute Gasteiger partial charge is 0.378 e. The predicted octanol–water partition coefficient (Wildman–Crippen LogP) is 4.73. The molecule has 0 saturated heterocycles. The molecule has 0 aromatic heterocycles. The van der Waals surface area contributed by atoms with E-state index in [4.69, 9.17) is 4.74 Å². The van der Waals surface area contributed by atoms with Gasteiger partial charge in [-0.2, -0.15) is 0 Å². The van der Waals surface area contributed by atoms with Gasteiger partial charge in [0.05, 0.1) is 38.9 Å². The number of ether oxygens (including phenoxy) is 1. The zero-order chi connectivity index (χ0) is 15.9. The first-order valence-electron chi connectivity index (χ1n) is 9.44. The topological polar surface area (TPSA) is 9.23 Å². The van der Waals surface area contributed by atoms with Gasteiger partial charge in [0.2, 0.25) is 0 Å². The van der Waals surface area contributed by atoms with Crippen LogP contribution < -0.4 is 0 Å². The Hall–Kier alpha value is -0.0800. The molecule has 1 fully saturated rings. The molecule has 21 heavy (non-hydrogen) atoms. The first-order valence-corrected chi connectivity index (χ1v) is 9.44. The number of hydrogen-bond donors (Lipinski definition) is 0. The lowest BCUT2D eigenvalue weighted by Crippen LogP contribution is -2.48. The lowest BCUT2D eigenvalue weighted by Gasteiger charge is -2.38. The summed E-state index contributed by atoms with van der Waals surface area (Å²) in [7, 11) is 0. The monoisotopic (exact) mass is 298 g/mol. The zero-order valence-corrected chi connectivity index (χ0v) is 15.5. The minimum atomic E-state index is 0.514. The fourth-order valence-electron chi connectivity index (χ4n) is 4.09. The van der Waals surface area contributed by atoms with Gasteiger partial charge in [-0.25, -0.2) is 0 Å². The molecule has 0 N–H and O–H groups in total. The quantitative estimate of drug-likeness (QED) is 0.442. The van der Waals surface area contributed by atoms with Gasteiger partial charge in [-0.1, -0.05) is 27.2 Å². The average molecular weight is 299 g/mol. The number of hydrogen-bond acceptors (Lipinski definition) is 1. The second-order valence-corrected chi connectivity index (χ2v) is 7.60. The summed E-state index contributed by atoms with van der Waals surface area (Å²) in [6, 6.07) is 0. The van der Waals surface area contributed by atoms with E-state index in [9.17, 15) is 0 Å². The molecule has 2 heteroatoms. The lowest BCUT2D eigenvalue weighted by atomic mass is 9.75. The molecule has 3 atom stereocenters. The highest BCUT2D eigenvalue weighted by Gasteiger charge is 2.31. The van der Waals surface area contributed by atoms with Crippen molar-refractivity contribution in [2.45, 2.75) is 73.3 Å². The molecule has 2 nitrogen and oxygen atoms in total. The van der Waals surface area contributed by atoms with Crippen LogP contribution in [0.4, 0.5) is 0 Å². The SMILES string of the molecule is CC[N+](CC)(CC)CCCO[C@@H]1C[C@@H](C)CC[C@@H]1C(C)C. The molecule has 0 aliphatic heterocycles. The van der Waals surface area contributed by atoms with Crippen molar-refractivity contribution < 1.29 is 9.22 Å². The van der Waals surface area contributed by atoms with E-state index in [1.54, 1.807) is 0 Å². The van der Waals surface area contributed by atoms with Crippen LogP contribution in [0.1, 0.15) is 67.2 Å². The molecule has 1 aliphatic carbocycles. The standard InChI is InChI=1S/C19H40NO/c1-7-20(8-2,9-3)13-10-14-21-19-15-17(6)11-12-18(19)16(4)5/h16-19H,7-15H2,1-6H3/q+1/t17-,18+,19+/m0/s1. The molecule has 0 aromatic carbocycles. The molecule has 0 amide bonds. The Morgan fingerprint density at radius 3 is 2.19 bits per heavy atom. The van der Waals surface area contributed by atoms with Crippen LogP contribution in [0, 0.1) is 17.8 Å². The van der Waals surface area contributed by atoms with Crippen molar-refractivity contribution in [3.63, 3.8) is 0 Å². The third kappa shape index (κ3) is 5.56. The molecule has 126 valence electrons. The predicted molar refractivity (Wildman–Crippen MR) is 92.5 cm³/mol. The van der Waals surface area contributed by atoms with E-state index >= 15 is 0 Å². The van der Waals surface area contributed by atoms with E-state index < -0.39 is 0 Å². The number of quaternary nitrogens is 1. The Labute approximate surface area is 133 Å². The Morgan fingerprint density at radius 1 is 1.05 bits per heavy atom. The molecule has 0 aromatic rings. The smallest absolute Gasteiger partial charge is 0.0808 e. The third-order valence-electron chi connectivity index (χ3n) is 6.08. The highest BCUT2D eigenvalue weighted by molar-refractivity contribution is 4.81. The summed E-state index contributed by atoms with van der Waals surface area (Å²) in [6.07, 6.45) is 5.76. The van der Waals surface area contributed by atoms with Crippen LogP contribution in [0.5, 0.6) is 0 Å². The van der Waals surface area contributed by atoms with Crippen LogP contribution in [-0.4, -0.2) is 43.4 Å². The minimum absolute atomic E-state index is 0.514. The molecule has 0 heterocycles. The summed E-state index contributed by atoms with van der Waals surface area (Å²) in [5, 5.41) is 0. The van der Waals surface area contributed by atoms with Crippen LogP contribution >= 0.6 is 0 Å². The van der Waals surface area contributed by atoms with Crippen molar-refractivity contribution in [2.24, 2.45) is 17.8 Å². The fourth-order valence-corrected chi connectivity index (χ4v) is 4.09. The molecule has 1 rings (SSSR count). The number of rotatable bonds is 9. The molecule has 1 saturated carbocycles. The van der Waals surface area contributed by atoms with Gasteiger partial charge in [0.1, 0.15) is 0 Å². The molecular weight excluding hydrogens is 258 g/mol. The van der Waals surface area contributed by atoms with Crippen LogP contribution in [-0.2, 0) is 4.74 Å². The van der Waals surface area contributed by atoms with Crippen molar-refractivity contribution in [1.29, 1.82) is 0 Å². The maximum Gasteiger partial charge on any atom is 0.0808 e. The fraction of sp³-hybridized carbons (Fsp3) is 1.00. The summed E-state index contributed by atoms with van der Waals surface area (Å²) in [6.45, 7) is 20.1. The highest BCUT2D eigenvalue weighted by Crippen LogP contribution is 2.35. The Bertz CT molecular complexity index is 264. The summed E-state index contributed by atoms with van der Waals surface area (Å²) in [5.41, 5.74) is 0. The van der Waals surface area contributed by atoms with Gasteiger partial charge in [0.15, 0.2) is 0 Å². The Balaban J connectivity index is 2.38. The first kappa shape index (κ1) is 19.0. The van der Waals surface area contributed by atoms with E-state index in [2.05, 4.69) is 41.5 Å². The average Bonchev–Trinajstić information content (AvgIpc) is 2.48. The highest BCUT2D eigenvalue weighted by atomic mass is 16.5. The van der Waals surface area contributed by atoms with Gasteiger partial charge in [0, 0.05) is 6.42 Å². The van der Waals surface area contributed by atoms with E-state index in [0.29, 0.717) is 6.10 Å². The number of nitrogens with zero attached hydrogens (tertiary/aromatic N) is 1. The first-order chi connectivity index (χ1) is 9.98. The Kier molecular flexibility index (Phi) is 8.26. The van der Waals surface area contributed by atoms with Crippen molar-refractivity contribution in [2.75, 3.05) is 32.8 Å². The molecular formula is C19H40NO+. The van der Waals surface area contributed by atoms with Crippen molar-refractivity contribution >= 4 is 0 Å². The summed E-state index contributed by atoms with van der Waals surface area (Å²) < 4.78 is 7.59. The van der Waals surface area contributed by atoms with E-state index in [1.807, 2.05) is 0 Å². The summed E-state index contributed by atoms with van der Waals surface area (Å²) >= 11 is 0. The molecule has 1 aliphatic rings. The lowest BCUT2D eigenvalue weighted by molar-refractivity contribution is -0.923. The second-order valence-electron chi connectivity index (χ2n) is 7.60. The van der Waals surface area contributed by atoms with Gasteiger partial charge in [-0.05, 0) is 51.4 Å². The Morgan fingerprint density at radius 2 is 1.67 bits per heavy atom. The van der Waals surface area contributed by atoms with Gasteiger partial charge in [0.25, 0.3) is 0 Å². The van der Waals surface area contributed by atoms with E-state index in [0.717, 1.165) is 24.4 Å².